The zero-order valence-corrected chi connectivity index (χ0v) is 9.47. The molecule has 5 heteroatoms. The van der Waals surface area contributed by atoms with Crippen molar-refractivity contribution >= 4 is 5.65 Å². The van der Waals surface area contributed by atoms with Gasteiger partial charge in [0.15, 0.2) is 0 Å². The zero-order chi connectivity index (χ0) is 11.0. The average Bonchev–Trinajstić information content (AvgIpc) is 2.63. The number of aromatic nitrogens is 5. The molecule has 0 bridgehead atoms. The first-order valence-corrected chi connectivity index (χ1v) is 5.18. The van der Waals surface area contributed by atoms with E-state index < -0.39 is 0 Å². The number of rotatable bonds is 2. The van der Waals surface area contributed by atoms with Gasteiger partial charge in [0.1, 0.15) is 0 Å². The van der Waals surface area contributed by atoms with Gasteiger partial charge in [-0.25, -0.2) is 0 Å². The van der Waals surface area contributed by atoms with Gasteiger partial charge in [-0.15, -0.1) is 5.10 Å². The minimum Gasteiger partial charge on any atom is -0.255 e. The zero-order valence-electron chi connectivity index (χ0n) is 9.47. The average molecular weight is 205 g/mol. The molecule has 0 spiro atoms. The van der Waals surface area contributed by atoms with Gasteiger partial charge in [0.2, 0.25) is 5.65 Å². The highest BCUT2D eigenvalue weighted by Crippen LogP contribution is 2.19. The predicted octanol–water partition coefficient (Wildman–Crippen LogP) is 1.77. The highest BCUT2D eigenvalue weighted by Gasteiger charge is 2.14. The molecule has 0 aliphatic rings. The third-order valence-corrected chi connectivity index (χ3v) is 2.42. The van der Waals surface area contributed by atoms with Crippen molar-refractivity contribution in [2.75, 3.05) is 0 Å². The summed E-state index contributed by atoms with van der Waals surface area (Å²) >= 11 is 0. The Morgan fingerprint density at radius 1 is 1.13 bits per heavy atom. The quantitative estimate of drug-likeness (QED) is 0.749. The summed E-state index contributed by atoms with van der Waals surface area (Å²) in [7, 11) is 0. The standard InChI is InChI=1S/C10H15N5/c1-6(2)8-5-11-9(7(3)4)10-12-13-14-15(8)10/h5-7H,1-4H3. The molecule has 0 unspecified atom stereocenters. The highest BCUT2D eigenvalue weighted by atomic mass is 15.5. The van der Waals surface area contributed by atoms with Gasteiger partial charge in [-0.1, -0.05) is 27.7 Å². The van der Waals surface area contributed by atoms with Gasteiger partial charge >= 0.3 is 0 Å². The summed E-state index contributed by atoms with van der Waals surface area (Å²) in [5.41, 5.74) is 2.76. The van der Waals surface area contributed by atoms with E-state index in [0.717, 1.165) is 17.0 Å². The normalized spacial score (nSPS) is 11.9. The van der Waals surface area contributed by atoms with Crippen LogP contribution in [0, 0.1) is 0 Å². The molecule has 2 heterocycles. The van der Waals surface area contributed by atoms with Gasteiger partial charge in [-0.2, -0.15) is 4.52 Å². The van der Waals surface area contributed by atoms with Crippen LogP contribution in [0.25, 0.3) is 5.65 Å². The number of nitrogens with zero attached hydrogens (tertiary/aromatic N) is 5. The first-order chi connectivity index (χ1) is 7.11. The Morgan fingerprint density at radius 2 is 1.87 bits per heavy atom. The van der Waals surface area contributed by atoms with Crippen molar-refractivity contribution in [2.24, 2.45) is 0 Å². The maximum Gasteiger partial charge on any atom is 0.201 e. The Bertz CT molecular complexity index is 430. The molecule has 2 aromatic rings. The molecule has 0 N–H and O–H groups in total. The van der Waals surface area contributed by atoms with E-state index in [-0.39, 0.29) is 0 Å². The Balaban J connectivity index is 2.71. The van der Waals surface area contributed by atoms with Crippen molar-refractivity contribution in [3.8, 4) is 0 Å². The fraction of sp³-hybridized carbons (Fsp3) is 0.600. The Kier molecular flexibility index (Phi) is 2.38. The summed E-state index contributed by atoms with van der Waals surface area (Å²) in [6.07, 6.45) is 1.86. The number of tetrazole rings is 1. The molecule has 2 aromatic heterocycles. The lowest BCUT2D eigenvalue weighted by Crippen LogP contribution is -2.06. The van der Waals surface area contributed by atoms with Crippen LogP contribution < -0.4 is 0 Å². The Labute approximate surface area is 88.5 Å². The van der Waals surface area contributed by atoms with Crippen LogP contribution in [0.15, 0.2) is 6.20 Å². The van der Waals surface area contributed by atoms with Crippen LogP contribution in [0.2, 0.25) is 0 Å². The molecular formula is C10H15N5. The predicted molar refractivity (Wildman–Crippen MR) is 56.8 cm³/mol. The third kappa shape index (κ3) is 1.58. The second kappa shape index (κ2) is 3.56. The molecule has 5 nitrogen and oxygen atoms in total. The van der Waals surface area contributed by atoms with Gasteiger partial charge in [-0.3, -0.25) is 4.98 Å². The minimum atomic E-state index is 0.333. The van der Waals surface area contributed by atoms with E-state index in [1.807, 2.05) is 6.20 Å². The molecule has 80 valence electrons. The van der Waals surface area contributed by atoms with Gasteiger partial charge in [-0.05, 0) is 22.3 Å². The van der Waals surface area contributed by atoms with Crippen LogP contribution >= 0.6 is 0 Å². The summed E-state index contributed by atoms with van der Waals surface area (Å²) in [6, 6.07) is 0. The summed E-state index contributed by atoms with van der Waals surface area (Å²) in [5, 5.41) is 11.7. The second-order valence-corrected chi connectivity index (χ2v) is 4.29. The number of hydrogen-bond acceptors (Lipinski definition) is 4. The van der Waals surface area contributed by atoms with Gasteiger partial charge in [0.05, 0.1) is 11.4 Å². The summed E-state index contributed by atoms with van der Waals surface area (Å²) < 4.78 is 1.78. The van der Waals surface area contributed by atoms with Crippen molar-refractivity contribution in [2.45, 2.75) is 39.5 Å². The lowest BCUT2D eigenvalue weighted by molar-refractivity contribution is 0.704. The van der Waals surface area contributed by atoms with E-state index in [9.17, 15) is 0 Å². The molecule has 15 heavy (non-hydrogen) atoms. The molecule has 0 radical (unpaired) electrons. The van der Waals surface area contributed by atoms with Gasteiger partial charge < -0.3 is 0 Å². The van der Waals surface area contributed by atoms with E-state index in [2.05, 4.69) is 48.2 Å². The summed E-state index contributed by atoms with van der Waals surface area (Å²) in [4.78, 5) is 4.44. The van der Waals surface area contributed by atoms with Crippen LogP contribution in [0.1, 0.15) is 50.9 Å². The first kappa shape index (κ1) is 10.0. The largest absolute Gasteiger partial charge is 0.255 e. The van der Waals surface area contributed by atoms with Crippen molar-refractivity contribution < 1.29 is 0 Å². The Morgan fingerprint density at radius 3 is 2.47 bits per heavy atom. The molecule has 0 aliphatic carbocycles. The molecule has 0 saturated carbocycles. The lowest BCUT2D eigenvalue weighted by atomic mass is 10.1. The van der Waals surface area contributed by atoms with Gasteiger partial charge in [0.25, 0.3) is 0 Å². The topological polar surface area (TPSA) is 56.0 Å². The van der Waals surface area contributed by atoms with Crippen molar-refractivity contribution in [3.63, 3.8) is 0 Å². The monoisotopic (exact) mass is 205 g/mol. The summed E-state index contributed by atoms with van der Waals surface area (Å²) in [5.74, 6) is 0.699. The van der Waals surface area contributed by atoms with Crippen LogP contribution in [-0.2, 0) is 0 Å². The molecular weight excluding hydrogens is 190 g/mol. The van der Waals surface area contributed by atoms with E-state index in [1.165, 1.54) is 0 Å². The third-order valence-electron chi connectivity index (χ3n) is 2.42. The van der Waals surface area contributed by atoms with E-state index in [1.54, 1.807) is 4.52 Å². The van der Waals surface area contributed by atoms with E-state index in [4.69, 9.17) is 0 Å². The molecule has 0 amide bonds. The van der Waals surface area contributed by atoms with Crippen molar-refractivity contribution in [1.29, 1.82) is 0 Å². The highest BCUT2D eigenvalue weighted by molar-refractivity contribution is 5.44. The van der Waals surface area contributed by atoms with Crippen LogP contribution in [-0.4, -0.2) is 25.0 Å². The number of hydrogen-bond donors (Lipinski definition) is 0. The maximum absolute atomic E-state index is 4.44. The first-order valence-electron chi connectivity index (χ1n) is 5.18. The maximum atomic E-state index is 4.44. The number of fused-ring (bicyclic) bond motifs is 1. The fourth-order valence-corrected chi connectivity index (χ4v) is 1.57. The lowest BCUT2D eigenvalue weighted by Gasteiger charge is -2.10. The van der Waals surface area contributed by atoms with Crippen molar-refractivity contribution in [1.82, 2.24) is 25.0 Å². The molecule has 2 rings (SSSR count). The van der Waals surface area contributed by atoms with Crippen LogP contribution in [0.3, 0.4) is 0 Å². The van der Waals surface area contributed by atoms with E-state index >= 15 is 0 Å². The SMILES string of the molecule is CC(C)c1ncc(C(C)C)n2nnnc12. The fourth-order valence-electron chi connectivity index (χ4n) is 1.57. The molecule has 0 saturated heterocycles. The molecule has 0 atom stereocenters. The molecule has 0 fully saturated rings. The molecule has 0 aromatic carbocycles. The van der Waals surface area contributed by atoms with Crippen LogP contribution in [0.5, 0.6) is 0 Å². The van der Waals surface area contributed by atoms with E-state index in [0.29, 0.717) is 11.8 Å². The summed E-state index contributed by atoms with van der Waals surface area (Å²) in [6.45, 7) is 8.39. The Hall–Kier alpha value is -1.52. The smallest absolute Gasteiger partial charge is 0.201 e. The van der Waals surface area contributed by atoms with Crippen molar-refractivity contribution in [3.05, 3.63) is 17.6 Å². The minimum absolute atomic E-state index is 0.333. The second-order valence-electron chi connectivity index (χ2n) is 4.29. The van der Waals surface area contributed by atoms with Gasteiger partial charge in [0, 0.05) is 6.20 Å². The molecule has 0 aliphatic heterocycles. The van der Waals surface area contributed by atoms with Crippen LogP contribution in [0.4, 0.5) is 0 Å².